The Morgan fingerprint density at radius 3 is 2.93 bits per heavy atom. The smallest absolute Gasteiger partial charge is 0.271 e. The lowest BCUT2D eigenvalue weighted by molar-refractivity contribution is -0.384. The minimum Gasteiger partial charge on any atom is -0.385 e. The average molecular weight is 192 g/mol. The van der Waals surface area contributed by atoms with Crippen molar-refractivity contribution in [1.29, 1.82) is 0 Å². The highest BCUT2D eigenvalue weighted by molar-refractivity contribution is 5.50. The highest BCUT2D eigenvalue weighted by Crippen LogP contribution is 2.29. The van der Waals surface area contributed by atoms with E-state index in [1.807, 2.05) is 6.07 Å². The molecule has 0 aliphatic heterocycles. The van der Waals surface area contributed by atoms with Crippen molar-refractivity contribution >= 4 is 11.4 Å². The van der Waals surface area contributed by atoms with E-state index in [2.05, 4.69) is 5.32 Å². The van der Waals surface area contributed by atoms with E-state index in [0.29, 0.717) is 0 Å². The first-order valence-electron chi connectivity index (χ1n) is 4.74. The summed E-state index contributed by atoms with van der Waals surface area (Å²) in [5.74, 6) is 0.772. The Kier molecular flexibility index (Phi) is 2.35. The third-order valence-corrected chi connectivity index (χ3v) is 2.35. The second-order valence-corrected chi connectivity index (χ2v) is 3.63. The van der Waals surface area contributed by atoms with Crippen LogP contribution in [0.1, 0.15) is 12.8 Å². The monoisotopic (exact) mass is 192 g/mol. The van der Waals surface area contributed by atoms with Gasteiger partial charge in [0.25, 0.3) is 5.69 Å². The molecule has 0 atom stereocenters. The number of anilines is 1. The van der Waals surface area contributed by atoms with Crippen molar-refractivity contribution in [2.45, 2.75) is 12.8 Å². The highest BCUT2D eigenvalue weighted by atomic mass is 16.6. The highest BCUT2D eigenvalue weighted by Gasteiger charge is 2.20. The van der Waals surface area contributed by atoms with Gasteiger partial charge in [0.05, 0.1) is 4.92 Å². The number of nitro benzene ring substituents is 1. The number of nitrogens with one attached hydrogen (secondary N) is 1. The quantitative estimate of drug-likeness (QED) is 0.588. The maximum Gasteiger partial charge on any atom is 0.271 e. The van der Waals surface area contributed by atoms with Gasteiger partial charge in [-0.25, -0.2) is 0 Å². The van der Waals surface area contributed by atoms with Crippen molar-refractivity contribution < 1.29 is 4.92 Å². The molecule has 1 N–H and O–H groups in total. The number of nitrogens with zero attached hydrogens (tertiary/aromatic N) is 1. The zero-order valence-corrected chi connectivity index (χ0v) is 7.77. The zero-order valence-electron chi connectivity index (χ0n) is 7.77. The third-order valence-electron chi connectivity index (χ3n) is 2.35. The Balaban J connectivity index is 2.01. The van der Waals surface area contributed by atoms with Crippen molar-refractivity contribution in [1.82, 2.24) is 0 Å². The van der Waals surface area contributed by atoms with Gasteiger partial charge in [-0.05, 0) is 24.8 Å². The fourth-order valence-corrected chi connectivity index (χ4v) is 1.31. The van der Waals surface area contributed by atoms with Crippen LogP contribution in [0.2, 0.25) is 0 Å². The van der Waals surface area contributed by atoms with Gasteiger partial charge in [0.1, 0.15) is 0 Å². The molecule has 0 heterocycles. The fourth-order valence-electron chi connectivity index (χ4n) is 1.31. The van der Waals surface area contributed by atoms with E-state index in [-0.39, 0.29) is 10.6 Å². The third kappa shape index (κ3) is 2.22. The van der Waals surface area contributed by atoms with E-state index in [9.17, 15) is 10.1 Å². The van der Waals surface area contributed by atoms with Crippen molar-refractivity contribution in [2.24, 2.45) is 5.92 Å². The molecule has 0 aromatic heterocycles. The molecule has 0 bridgehead atoms. The summed E-state index contributed by atoms with van der Waals surface area (Å²) in [4.78, 5) is 10.1. The molecule has 74 valence electrons. The number of hydrogen-bond donors (Lipinski definition) is 1. The largest absolute Gasteiger partial charge is 0.385 e. The molecule has 0 spiro atoms. The summed E-state index contributed by atoms with van der Waals surface area (Å²) in [6.45, 7) is 0.932. The van der Waals surface area contributed by atoms with Gasteiger partial charge in [0, 0.05) is 24.4 Å². The van der Waals surface area contributed by atoms with Crippen LogP contribution in [-0.2, 0) is 0 Å². The van der Waals surface area contributed by atoms with E-state index < -0.39 is 0 Å². The summed E-state index contributed by atoms with van der Waals surface area (Å²) in [7, 11) is 0. The SMILES string of the molecule is O=[N+]([O-])c1cccc(NCC2CC2)c1. The standard InChI is InChI=1S/C10H12N2O2/c13-12(14)10-3-1-2-9(6-10)11-7-8-4-5-8/h1-3,6,8,11H,4-5,7H2. The lowest BCUT2D eigenvalue weighted by Gasteiger charge is -2.03. The topological polar surface area (TPSA) is 55.2 Å². The van der Waals surface area contributed by atoms with Crippen LogP contribution < -0.4 is 5.32 Å². The maximum atomic E-state index is 10.5. The molecule has 0 radical (unpaired) electrons. The van der Waals surface area contributed by atoms with Gasteiger partial charge in [-0.15, -0.1) is 0 Å². The molecule has 1 aliphatic rings. The van der Waals surface area contributed by atoms with Gasteiger partial charge < -0.3 is 5.32 Å². The molecule has 0 saturated heterocycles. The Morgan fingerprint density at radius 1 is 1.50 bits per heavy atom. The van der Waals surface area contributed by atoms with E-state index in [4.69, 9.17) is 0 Å². The fraction of sp³-hybridized carbons (Fsp3) is 0.400. The van der Waals surface area contributed by atoms with Crippen LogP contribution in [0.5, 0.6) is 0 Å². The van der Waals surface area contributed by atoms with Crippen LogP contribution in [0.25, 0.3) is 0 Å². The van der Waals surface area contributed by atoms with E-state index in [1.165, 1.54) is 18.9 Å². The number of nitro groups is 1. The first kappa shape index (κ1) is 8.99. The second kappa shape index (κ2) is 3.65. The molecule has 1 aromatic carbocycles. The van der Waals surface area contributed by atoms with Gasteiger partial charge in [0.15, 0.2) is 0 Å². The summed E-state index contributed by atoms with van der Waals surface area (Å²) in [6, 6.07) is 6.63. The first-order chi connectivity index (χ1) is 6.75. The van der Waals surface area contributed by atoms with Gasteiger partial charge in [-0.1, -0.05) is 6.07 Å². The van der Waals surface area contributed by atoms with Crippen molar-refractivity contribution in [3.8, 4) is 0 Å². The number of non-ortho nitro benzene ring substituents is 1. The van der Waals surface area contributed by atoms with Gasteiger partial charge in [-0.3, -0.25) is 10.1 Å². The van der Waals surface area contributed by atoms with Gasteiger partial charge in [0.2, 0.25) is 0 Å². The van der Waals surface area contributed by atoms with Gasteiger partial charge in [-0.2, -0.15) is 0 Å². The summed E-state index contributed by atoms with van der Waals surface area (Å²) in [5, 5.41) is 13.7. The second-order valence-electron chi connectivity index (χ2n) is 3.63. The van der Waals surface area contributed by atoms with Crippen LogP contribution in [0.4, 0.5) is 11.4 Å². The molecular weight excluding hydrogens is 180 g/mol. The number of benzene rings is 1. The molecule has 1 aromatic rings. The molecule has 2 rings (SSSR count). The normalized spacial score (nSPS) is 15.1. The summed E-state index contributed by atoms with van der Waals surface area (Å²) in [6.07, 6.45) is 2.56. The molecule has 0 unspecified atom stereocenters. The van der Waals surface area contributed by atoms with Crippen LogP contribution in [-0.4, -0.2) is 11.5 Å². The summed E-state index contributed by atoms with van der Waals surface area (Å²) >= 11 is 0. The Bertz CT molecular complexity index is 348. The van der Waals surface area contributed by atoms with Crippen LogP contribution in [0.3, 0.4) is 0 Å². The van der Waals surface area contributed by atoms with Crippen LogP contribution >= 0.6 is 0 Å². The first-order valence-corrected chi connectivity index (χ1v) is 4.74. The van der Waals surface area contributed by atoms with Crippen molar-refractivity contribution in [2.75, 3.05) is 11.9 Å². The minimum absolute atomic E-state index is 0.144. The molecule has 1 saturated carbocycles. The number of hydrogen-bond acceptors (Lipinski definition) is 3. The van der Waals surface area contributed by atoms with Crippen molar-refractivity contribution in [3.05, 3.63) is 34.4 Å². The molecule has 1 aliphatic carbocycles. The molecule has 14 heavy (non-hydrogen) atoms. The zero-order chi connectivity index (χ0) is 9.97. The summed E-state index contributed by atoms with van der Waals surface area (Å²) < 4.78 is 0. The molecular formula is C10H12N2O2. The Morgan fingerprint density at radius 2 is 2.29 bits per heavy atom. The van der Waals surface area contributed by atoms with Crippen molar-refractivity contribution in [3.63, 3.8) is 0 Å². The predicted octanol–water partition coefficient (Wildman–Crippen LogP) is 2.42. The van der Waals surface area contributed by atoms with E-state index in [0.717, 1.165) is 18.2 Å². The average Bonchev–Trinajstić information content (AvgIpc) is 2.99. The minimum atomic E-state index is -0.373. The molecule has 4 nitrogen and oxygen atoms in total. The number of rotatable bonds is 4. The van der Waals surface area contributed by atoms with Crippen LogP contribution in [0.15, 0.2) is 24.3 Å². The van der Waals surface area contributed by atoms with Crippen LogP contribution in [0, 0.1) is 16.0 Å². The predicted molar refractivity (Wildman–Crippen MR) is 54.3 cm³/mol. The Labute approximate surface area is 82.1 Å². The Hall–Kier alpha value is -1.58. The van der Waals surface area contributed by atoms with Gasteiger partial charge >= 0.3 is 0 Å². The molecule has 4 heteroatoms. The van der Waals surface area contributed by atoms with E-state index >= 15 is 0 Å². The maximum absolute atomic E-state index is 10.5. The molecule has 1 fully saturated rings. The lowest BCUT2D eigenvalue weighted by Crippen LogP contribution is -2.03. The summed E-state index contributed by atoms with van der Waals surface area (Å²) in [5.41, 5.74) is 0.983. The molecule has 0 amide bonds. The van der Waals surface area contributed by atoms with E-state index in [1.54, 1.807) is 12.1 Å². The lowest BCUT2D eigenvalue weighted by atomic mass is 10.2.